The lowest BCUT2D eigenvalue weighted by Gasteiger charge is -2.15. The van der Waals surface area contributed by atoms with Crippen molar-refractivity contribution in [1.29, 1.82) is 5.26 Å². The smallest absolute Gasteiger partial charge is 0.266 e. The monoisotopic (exact) mass is 531 g/mol. The Balaban J connectivity index is 1.78. The highest BCUT2D eigenvalue weighted by Gasteiger charge is 2.16. The van der Waals surface area contributed by atoms with Gasteiger partial charge >= 0.3 is 0 Å². The second-order valence-corrected chi connectivity index (χ2v) is 9.25. The molecule has 0 radical (unpaired) electrons. The molecule has 0 heterocycles. The van der Waals surface area contributed by atoms with E-state index in [1.165, 1.54) is 6.08 Å². The Kier molecular flexibility index (Phi) is 9.53. The van der Waals surface area contributed by atoms with E-state index in [0.717, 1.165) is 22.3 Å². The van der Waals surface area contributed by atoms with E-state index in [2.05, 4.69) is 10.6 Å². The number of rotatable bonds is 9. The highest BCUT2D eigenvalue weighted by Crippen LogP contribution is 2.37. The van der Waals surface area contributed by atoms with Gasteiger partial charge in [-0.2, -0.15) is 5.26 Å². The molecule has 0 aliphatic heterocycles. The topological polar surface area (TPSA) is 100 Å². The maximum absolute atomic E-state index is 12.8. The van der Waals surface area contributed by atoms with Gasteiger partial charge in [0, 0.05) is 11.4 Å². The summed E-state index contributed by atoms with van der Waals surface area (Å²) in [4.78, 5) is 25.3. The molecule has 3 aromatic rings. The van der Waals surface area contributed by atoms with Gasteiger partial charge in [0.25, 0.3) is 11.8 Å². The summed E-state index contributed by atoms with van der Waals surface area (Å²) in [7, 11) is 0. The SMILES string of the molecule is CCOc1cc(/C=C(\C#N)C(=O)Nc2ccc(C)cc2C)cc(Cl)c1OCC(=O)Nc1ccc(C)c(C)c1. The third-order valence-electron chi connectivity index (χ3n) is 5.78. The minimum Gasteiger partial charge on any atom is -0.490 e. The van der Waals surface area contributed by atoms with Crippen molar-refractivity contribution >= 4 is 40.9 Å². The molecule has 0 atom stereocenters. The van der Waals surface area contributed by atoms with E-state index in [1.807, 2.05) is 64.1 Å². The molecular formula is C30H30ClN3O4. The first-order valence-electron chi connectivity index (χ1n) is 12.1. The van der Waals surface area contributed by atoms with Crippen molar-refractivity contribution in [3.05, 3.63) is 86.9 Å². The van der Waals surface area contributed by atoms with Gasteiger partial charge in [0.1, 0.15) is 11.6 Å². The largest absolute Gasteiger partial charge is 0.490 e. The van der Waals surface area contributed by atoms with Gasteiger partial charge in [-0.1, -0.05) is 35.4 Å². The fraction of sp³-hybridized carbons (Fsp3) is 0.233. The average molecular weight is 532 g/mol. The van der Waals surface area contributed by atoms with E-state index in [0.29, 0.717) is 23.5 Å². The van der Waals surface area contributed by atoms with Crippen molar-refractivity contribution in [2.24, 2.45) is 0 Å². The van der Waals surface area contributed by atoms with Gasteiger partial charge in [0.15, 0.2) is 18.1 Å². The molecule has 2 N–H and O–H groups in total. The number of nitrogens with one attached hydrogen (secondary N) is 2. The Bertz CT molecular complexity index is 1440. The molecule has 0 aliphatic rings. The van der Waals surface area contributed by atoms with Crippen molar-refractivity contribution in [3.63, 3.8) is 0 Å². The number of ether oxygens (including phenoxy) is 2. The minimum absolute atomic E-state index is 0.107. The Morgan fingerprint density at radius 2 is 1.71 bits per heavy atom. The van der Waals surface area contributed by atoms with Gasteiger partial charge in [-0.15, -0.1) is 0 Å². The molecule has 8 heteroatoms. The van der Waals surface area contributed by atoms with E-state index in [4.69, 9.17) is 21.1 Å². The van der Waals surface area contributed by atoms with E-state index < -0.39 is 5.91 Å². The third-order valence-corrected chi connectivity index (χ3v) is 6.06. The summed E-state index contributed by atoms with van der Waals surface area (Å²) in [6, 6.07) is 16.3. The second kappa shape index (κ2) is 12.8. The maximum atomic E-state index is 12.8. The lowest BCUT2D eigenvalue weighted by atomic mass is 10.1. The summed E-state index contributed by atoms with van der Waals surface area (Å²) >= 11 is 6.47. The van der Waals surface area contributed by atoms with Crippen LogP contribution in [0.3, 0.4) is 0 Å². The number of benzene rings is 3. The standard InChI is InChI=1S/C30H30ClN3O4/c1-6-37-27-15-22(13-23(16-32)30(36)34-26-10-7-18(2)11-21(26)5)14-25(31)29(27)38-17-28(35)33-24-9-8-19(3)20(4)12-24/h7-15H,6,17H2,1-5H3,(H,33,35)(H,34,36)/b23-13+. The number of anilines is 2. The van der Waals surface area contributed by atoms with Crippen LogP contribution in [0.4, 0.5) is 11.4 Å². The fourth-order valence-corrected chi connectivity index (χ4v) is 3.96. The summed E-state index contributed by atoms with van der Waals surface area (Å²) in [5.41, 5.74) is 5.80. The molecule has 0 aliphatic carbocycles. The van der Waals surface area contributed by atoms with Crippen molar-refractivity contribution in [2.75, 3.05) is 23.8 Å². The molecule has 7 nitrogen and oxygen atoms in total. The summed E-state index contributed by atoms with van der Waals surface area (Å²) in [6.45, 7) is 9.63. The number of nitrogens with zero attached hydrogens (tertiary/aromatic N) is 1. The number of carbonyl (C=O) groups excluding carboxylic acids is 2. The molecule has 3 rings (SSSR count). The van der Waals surface area contributed by atoms with Crippen molar-refractivity contribution in [2.45, 2.75) is 34.6 Å². The predicted octanol–water partition coefficient (Wildman–Crippen LogP) is 6.54. The number of hydrogen-bond acceptors (Lipinski definition) is 5. The van der Waals surface area contributed by atoms with Crippen LogP contribution < -0.4 is 20.1 Å². The van der Waals surface area contributed by atoms with Crippen molar-refractivity contribution in [3.8, 4) is 17.6 Å². The summed E-state index contributed by atoms with van der Waals surface area (Å²) < 4.78 is 11.4. The quantitative estimate of drug-likeness (QED) is 0.241. The molecule has 0 aromatic heterocycles. The van der Waals surface area contributed by atoms with Crippen LogP contribution in [0.15, 0.2) is 54.1 Å². The first-order valence-corrected chi connectivity index (χ1v) is 12.5. The van der Waals surface area contributed by atoms with Crippen LogP contribution in [0, 0.1) is 39.0 Å². The first-order chi connectivity index (χ1) is 18.1. The van der Waals surface area contributed by atoms with Gasteiger partial charge in [0.05, 0.1) is 11.6 Å². The average Bonchev–Trinajstić information content (AvgIpc) is 2.86. The molecule has 196 valence electrons. The molecule has 3 aromatic carbocycles. The van der Waals surface area contributed by atoms with E-state index in [-0.39, 0.29) is 34.6 Å². The summed E-state index contributed by atoms with van der Waals surface area (Å²) in [5.74, 6) is -0.418. The molecule has 0 bridgehead atoms. The highest BCUT2D eigenvalue weighted by molar-refractivity contribution is 6.32. The number of amides is 2. The van der Waals surface area contributed by atoms with E-state index >= 15 is 0 Å². The lowest BCUT2D eigenvalue weighted by molar-refractivity contribution is -0.118. The first kappa shape index (κ1) is 28.3. The van der Waals surface area contributed by atoms with Crippen LogP contribution in [-0.4, -0.2) is 25.0 Å². The van der Waals surface area contributed by atoms with Crippen LogP contribution in [0.1, 0.15) is 34.7 Å². The van der Waals surface area contributed by atoms with Crippen LogP contribution in [0.5, 0.6) is 11.5 Å². The minimum atomic E-state index is -0.545. The molecule has 0 unspecified atom stereocenters. The van der Waals surface area contributed by atoms with Gasteiger partial charge in [-0.25, -0.2) is 0 Å². The highest BCUT2D eigenvalue weighted by atomic mass is 35.5. The van der Waals surface area contributed by atoms with Crippen molar-refractivity contribution < 1.29 is 19.1 Å². The number of aryl methyl sites for hydroxylation is 4. The second-order valence-electron chi connectivity index (χ2n) is 8.84. The molecular weight excluding hydrogens is 502 g/mol. The van der Waals surface area contributed by atoms with E-state index in [9.17, 15) is 14.9 Å². The Morgan fingerprint density at radius 1 is 0.947 bits per heavy atom. The van der Waals surface area contributed by atoms with Crippen LogP contribution >= 0.6 is 11.6 Å². The van der Waals surface area contributed by atoms with Gasteiger partial charge in [0.2, 0.25) is 0 Å². The number of nitriles is 1. The number of hydrogen-bond donors (Lipinski definition) is 2. The van der Waals surface area contributed by atoms with E-state index in [1.54, 1.807) is 25.1 Å². The zero-order valence-electron chi connectivity index (χ0n) is 22.1. The number of carbonyl (C=O) groups is 2. The Hall–Kier alpha value is -4.28. The summed E-state index contributed by atoms with van der Waals surface area (Å²) in [6.07, 6.45) is 1.42. The maximum Gasteiger partial charge on any atom is 0.266 e. The van der Waals surface area contributed by atoms with Gasteiger partial charge in [-0.3, -0.25) is 9.59 Å². The lowest BCUT2D eigenvalue weighted by Crippen LogP contribution is -2.20. The number of halogens is 1. The van der Waals surface area contributed by atoms with Crippen molar-refractivity contribution in [1.82, 2.24) is 0 Å². The predicted molar refractivity (Wildman–Crippen MR) is 151 cm³/mol. The third kappa shape index (κ3) is 7.37. The van der Waals surface area contributed by atoms with Crippen LogP contribution in [0.2, 0.25) is 5.02 Å². The zero-order valence-corrected chi connectivity index (χ0v) is 22.8. The fourth-order valence-electron chi connectivity index (χ4n) is 3.69. The Morgan fingerprint density at radius 3 is 2.37 bits per heavy atom. The van der Waals surface area contributed by atoms with Crippen LogP contribution in [-0.2, 0) is 9.59 Å². The molecule has 38 heavy (non-hydrogen) atoms. The summed E-state index contributed by atoms with van der Waals surface area (Å²) in [5, 5.41) is 15.4. The molecule has 0 saturated carbocycles. The Labute approximate surface area is 228 Å². The zero-order chi connectivity index (χ0) is 27.8. The van der Waals surface area contributed by atoms with Gasteiger partial charge in [-0.05, 0) is 93.3 Å². The molecule has 2 amide bonds. The van der Waals surface area contributed by atoms with Crippen LogP contribution in [0.25, 0.3) is 6.08 Å². The normalized spacial score (nSPS) is 10.9. The van der Waals surface area contributed by atoms with Gasteiger partial charge < -0.3 is 20.1 Å². The molecule has 0 spiro atoms. The molecule has 0 fully saturated rings. The molecule has 0 saturated heterocycles.